The third kappa shape index (κ3) is 4.31. The van der Waals surface area contributed by atoms with E-state index in [1.807, 2.05) is 31.2 Å². The van der Waals surface area contributed by atoms with E-state index in [1.54, 1.807) is 19.2 Å². The molecular weight excluding hydrogens is 269 g/mol. The fourth-order valence-electron chi connectivity index (χ4n) is 2.06. The molecule has 110 valence electrons. The van der Waals surface area contributed by atoms with Gasteiger partial charge in [0.2, 0.25) is 5.91 Å². The third-order valence-corrected chi connectivity index (χ3v) is 3.27. The summed E-state index contributed by atoms with van der Waals surface area (Å²) in [5.41, 5.74) is 1.79. The van der Waals surface area contributed by atoms with E-state index < -0.39 is 0 Å². The Bertz CT molecular complexity index is 593. The highest BCUT2D eigenvalue weighted by Crippen LogP contribution is 2.14. The summed E-state index contributed by atoms with van der Waals surface area (Å²) in [6.07, 6.45) is 0.301. The zero-order valence-corrected chi connectivity index (χ0v) is 12.1. The Kier molecular flexibility index (Phi) is 4.93. The molecule has 0 aliphatic carbocycles. The van der Waals surface area contributed by atoms with Crippen LogP contribution < -0.4 is 10.1 Å². The van der Waals surface area contributed by atoms with Gasteiger partial charge in [-0.2, -0.15) is 0 Å². The fraction of sp³-hybridized carbons (Fsp3) is 0.235. The van der Waals surface area contributed by atoms with Crippen molar-refractivity contribution in [2.45, 2.75) is 19.4 Å². The molecule has 0 saturated heterocycles. The first kappa shape index (κ1) is 15.0. The number of amides is 1. The summed E-state index contributed by atoms with van der Waals surface area (Å²) in [6.45, 7) is 1.87. The molecule has 0 radical (unpaired) electrons. The second kappa shape index (κ2) is 6.88. The van der Waals surface area contributed by atoms with E-state index in [0.717, 1.165) is 16.9 Å². The van der Waals surface area contributed by atoms with Crippen LogP contribution in [0.2, 0.25) is 0 Å². The van der Waals surface area contributed by atoms with Crippen LogP contribution in [-0.4, -0.2) is 13.0 Å². The van der Waals surface area contributed by atoms with Crippen molar-refractivity contribution in [3.05, 3.63) is 65.5 Å². The molecule has 0 heterocycles. The van der Waals surface area contributed by atoms with Gasteiger partial charge in [0.25, 0.3) is 0 Å². The van der Waals surface area contributed by atoms with Crippen molar-refractivity contribution in [3.8, 4) is 5.75 Å². The van der Waals surface area contributed by atoms with Gasteiger partial charge in [0.1, 0.15) is 11.6 Å². The lowest BCUT2D eigenvalue weighted by molar-refractivity contribution is -0.121. The van der Waals surface area contributed by atoms with Crippen molar-refractivity contribution in [2.24, 2.45) is 0 Å². The Morgan fingerprint density at radius 1 is 1.14 bits per heavy atom. The summed E-state index contributed by atoms with van der Waals surface area (Å²) in [7, 11) is 1.60. The molecule has 21 heavy (non-hydrogen) atoms. The molecule has 0 fully saturated rings. The Morgan fingerprint density at radius 2 is 1.76 bits per heavy atom. The first-order valence-corrected chi connectivity index (χ1v) is 6.76. The largest absolute Gasteiger partial charge is 0.497 e. The maximum Gasteiger partial charge on any atom is 0.224 e. The van der Waals surface area contributed by atoms with Gasteiger partial charge in [0, 0.05) is 0 Å². The van der Waals surface area contributed by atoms with Crippen molar-refractivity contribution in [2.75, 3.05) is 7.11 Å². The molecule has 2 aromatic rings. The van der Waals surface area contributed by atoms with E-state index in [0.29, 0.717) is 6.42 Å². The predicted octanol–water partition coefficient (Wildman–Crippen LogP) is 3.25. The quantitative estimate of drug-likeness (QED) is 0.916. The molecule has 0 aromatic heterocycles. The van der Waals surface area contributed by atoms with Gasteiger partial charge in [-0.15, -0.1) is 0 Å². The molecule has 0 bridgehead atoms. The van der Waals surface area contributed by atoms with E-state index >= 15 is 0 Å². The average Bonchev–Trinajstić information content (AvgIpc) is 2.48. The van der Waals surface area contributed by atoms with E-state index in [9.17, 15) is 9.18 Å². The average molecular weight is 287 g/mol. The number of nitrogens with one attached hydrogen (secondary N) is 1. The second-order valence-corrected chi connectivity index (χ2v) is 4.87. The van der Waals surface area contributed by atoms with Crippen molar-refractivity contribution < 1.29 is 13.9 Å². The first-order chi connectivity index (χ1) is 10.1. The van der Waals surface area contributed by atoms with Crippen molar-refractivity contribution >= 4 is 5.91 Å². The summed E-state index contributed by atoms with van der Waals surface area (Å²) in [5.74, 6) is 0.409. The summed E-state index contributed by atoms with van der Waals surface area (Å²) < 4.78 is 17.9. The van der Waals surface area contributed by atoms with Gasteiger partial charge >= 0.3 is 0 Å². The molecule has 1 N–H and O–H groups in total. The zero-order valence-electron chi connectivity index (χ0n) is 12.1. The number of hydrogen-bond donors (Lipinski definition) is 1. The highest BCUT2D eigenvalue weighted by atomic mass is 19.1. The van der Waals surface area contributed by atoms with Crippen LogP contribution in [0, 0.1) is 5.82 Å². The maximum atomic E-state index is 12.9. The van der Waals surface area contributed by atoms with Gasteiger partial charge in [-0.25, -0.2) is 4.39 Å². The smallest absolute Gasteiger partial charge is 0.224 e. The molecule has 1 atom stereocenters. The molecule has 3 nitrogen and oxygen atoms in total. The predicted molar refractivity (Wildman–Crippen MR) is 79.7 cm³/mol. The van der Waals surface area contributed by atoms with Crippen LogP contribution in [0.25, 0.3) is 0 Å². The fourth-order valence-corrected chi connectivity index (χ4v) is 2.06. The van der Waals surface area contributed by atoms with E-state index in [1.165, 1.54) is 12.1 Å². The highest BCUT2D eigenvalue weighted by Gasteiger charge is 2.10. The molecule has 2 aromatic carbocycles. The minimum absolute atomic E-state index is 0.0722. The van der Waals surface area contributed by atoms with Gasteiger partial charge in [-0.1, -0.05) is 24.3 Å². The standard InChI is InChI=1S/C17H18FNO2/c1-12(14-5-7-15(18)8-6-14)19-17(20)11-13-3-9-16(21-2)10-4-13/h3-10,12H,11H2,1-2H3,(H,19,20)/t12-/m0/s1. The van der Waals surface area contributed by atoms with Crippen LogP contribution in [0.5, 0.6) is 5.75 Å². The lowest BCUT2D eigenvalue weighted by Gasteiger charge is -2.14. The van der Waals surface area contributed by atoms with E-state index in [2.05, 4.69) is 5.32 Å². The highest BCUT2D eigenvalue weighted by molar-refractivity contribution is 5.79. The number of carbonyl (C=O) groups excluding carboxylic acids is 1. The van der Waals surface area contributed by atoms with Gasteiger partial charge in [-0.3, -0.25) is 4.79 Å². The van der Waals surface area contributed by atoms with Gasteiger partial charge in [-0.05, 0) is 42.3 Å². The van der Waals surface area contributed by atoms with E-state index in [4.69, 9.17) is 4.74 Å². The number of ether oxygens (including phenoxy) is 1. The van der Waals surface area contributed by atoms with Crippen LogP contribution in [-0.2, 0) is 11.2 Å². The normalized spacial score (nSPS) is 11.8. The van der Waals surface area contributed by atoms with Gasteiger partial charge < -0.3 is 10.1 Å². The van der Waals surface area contributed by atoms with Gasteiger partial charge in [0.05, 0.1) is 19.6 Å². The number of hydrogen-bond acceptors (Lipinski definition) is 2. The number of benzene rings is 2. The monoisotopic (exact) mass is 287 g/mol. The molecule has 0 spiro atoms. The Labute approximate surface area is 123 Å². The second-order valence-electron chi connectivity index (χ2n) is 4.87. The Morgan fingerprint density at radius 3 is 2.33 bits per heavy atom. The first-order valence-electron chi connectivity index (χ1n) is 6.76. The molecule has 4 heteroatoms. The van der Waals surface area contributed by atoms with Crippen molar-refractivity contribution in [1.82, 2.24) is 5.32 Å². The third-order valence-electron chi connectivity index (χ3n) is 3.27. The van der Waals surface area contributed by atoms with Crippen LogP contribution >= 0.6 is 0 Å². The minimum Gasteiger partial charge on any atom is -0.497 e. The summed E-state index contributed by atoms with van der Waals surface area (Å²) >= 11 is 0. The molecule has 0 saturated carbocycles. The summed E-state index contributed by atoms with van der Waals surface area (Å²) in [5, 5.41) is 2.90. The van der Waals surface area contributed by atoms with Crippen LogP contribution in [0.4, 0.5) is 4.39 Å². The Hall–Kier alpha value is -2.36. The van der Waals surface area contributed by atoms with Crippen LogP contribution in [0.15, 0.2) is 48.5 Å². The number of rotatable bonds is 5. The number of halogens is 1. The molecule has 2 rings (SSSR count). The maximum absolute atomic E-state index is 12.9. The number of methoxy groups -OCH3 is 1. The lowest BCUT2D eigenvalue weighted by Crippen LogP contribution is -2.28. The van der Waals surface area contributed by atoms with Crippen molar-refractivity contribution in [3.63, 3.8) is 0 Å². The summed E-state index contributed by atoms with van der Waals surface area (Å²) in [4.78, 5) is 12.0. The lowest BCUT2D eigenvalue weighted by atomic mass is 10.1. The SMILES string of the molecule is COc1ccc(CC(=O)N[C@@H](C)c2ccc(F)cc2)cc1. The molecule has 0 unspecified atom stereocenters. The number of carbonyl (C=O) groups is 1. The molecular formula is C17H18FNO2. The molecule has 0 aliphatic rings. The molecule has 1 amide bonds. The van der Waals surface area contributed by atoms with Crippen LogP contribution in [0.3, 0.4) is 0 Å². The molecule has 0 aliphatic heterocycles. The Balaban J connectivity index is 1.92. The van der Waals surface area contributed by atoms with E-state index in [-0.39, 0.29) is 17.8 Å². The topological polar surface area (TPSA) is 38.3 Å². The van der Waals surface area contributed by atoms with Crippen molar-refractivity contribution in [1.29, 1.82) is 0 Å². The van der Waals surface area contributed by atoms with Crippen LogP contribution in [0.1, 0.15) is 24.1 Å². The zero-order chi connectivity index (χ0) is 15.2. The van der Waals surface area contributed by atoms with Gasteiger partial charge in [0.15, 0.2) is 0 Å². The summed E-state index contributed by atoms with van der Waals surface area (Å²) in [6, 6.07) is 13.3. The minimum atomic E-state index is -0.282.